The second kappa shape index (κ2) is 5.55. The van der Waals surface area contributed by atoms with Gasteiger partial charge in [0.2, 0.25) is 5.91 Å². The molecule has 0 aromatic rings. The minimum atomic E-state index is -0.216. The summed E-state index contributed by atoms with van der Waals surface area (Å²) < 4.78 is 5.87. The van der Waals surface area contributed by atoms with Gasteiger partial charge in [-0.1, -0.05) is 6.92 Å². The van der Waals surface area contributed by atoms with Crippen molar-refractivity contribution in [1.29, 1.82) is 0 Å². The van der Waals surface area contributed by atoms with Gasteiger partial charge in [-0.25, -0.2) is 0 Å². The van der Waals surface area contributed by atoms with Crippen LogP contribution in [0, 0.1) is 0 Å². The third kappa shape index (κ3) is 2.84. The van der Waals surface area contributed by atoms with E-state index < -0.39 is 0 Å². The summed E-state index contributed by atoms with van der Waals surface area (Å²) in [5.41, 5.74) is 5.47. The Morgan fingerprint density at radius 1 is 1.61 bits per heavy atom. The van der Waals surface area contributed by atoms with Crippen LogP contribution in [0.2, 0.25) is 0 Å². The van der Waals surface area contributed by atoms with Gasteiger partial charge in [-0.15, -0.1) is 0 Å². The standard InChI is InChI=1S/C13H25N3O2/c1-3-13(2)8-10(4-7-18-13)16-6-5-15-9-11(16)12(14)17/h10-11,15H,3-9H2,1-2H3,(H2,14,17). The molecule has 2 aliphatic heterocycles. The van der Waals surface area contributed by atoms with Crippen LogP contribution in [0.5, 0.6) is 0 Å². The summed E-state index contributed by atoms with van der Waals surface area (Å²) >= 11 is 0. The third-order valence-electron chi connectivity index (χ3n) is 4.40. The summed E-state index contributed by atoms with van der Waals surface area (Å²) in [4.78, 5) is 13.8. The lowest BCUT2D eigenvalue weighted by atomic mass is 9.88. The van der Waals surface area contributed by atoms with Crippen LogP contribution in [0.25, 0.3) is 0 Å². The van der Waals surface area contributed by atoms with Gasteiger partial charge in [0.1, 0.15) is 6.04 Å². The van der Waals surface area contributed by atoms with E-state index in [0.29, 0.717) is 12.6 Å². The lowest BCUT2D eigenvalue weighted by Gasteiger charge is -2.46. The summed E-state index contributed by atoms with van der Waals surface area (Å²) in [5, 5.41) is 3.25. The first-order valence-electron chi connectivity index (χ1n) is 6.95. The van der Waals surface area contributed by atoms with Gasteiger partial charge in [0.25, 0.3) is 0 Å². The monoisotopic (exact) mass is 255 g/mol. The predicted octanol–water partition coefficient (Wildman–Crippen LogP) is 0.0932. The van der Waals surface area contributed by atoms with Crippen molar-refractivity contribution in [1.82, 2.24) is 10.2 Å². The van der Waals surface area contributed by atoms with Crippen LogP contribution in [0.4, 0.5) is 0 Å². The first-order chi connectivity index (χ1) is 8.56. The molecule has 2 aliphatic rings. The molecule has 2 fully saturated rings. The Bertz CT molecular complexity index is 311. The average Bonchev–Trinajstić information content (AvgIpc) is 2.39. The van der Waals surface area contributed by atoms with E-state index in [2.05, 4.69) is 24.1 Å². The minimum absolute atomic E-state index is 0.0456. The fourth-order valence-corrected chi connectivity index (χ4v) is 3.05. The second-order valence-electron chi connectivity index (χ2n) is 5.66. The molecule has 2 heterocycles. The van der Waals surface area contributed by atoms with Crippen molar-refractivity contribution in [3.8, 4) is 0 Å². The Balaban J connectivity index is 2.06. The number of hydrogen-bond acceptors (Lipinski definition) is 4. The molecule has 1 amide bonds. The first-order valence-corrected chi connectivity index (χ1v) is 6.95. The third-order valence-corrected chi connectivity index (χ3v) is 4.40. The second-order valence-corrected chi connectivity index (χ2v) is 5.66. The number of hydrogen-bond donors (Lipinski definition) is 2. The van der Waals surface area contributed by atoms with E-state index in [4.69, 9.17) is 10.5 Å². The summed E-state index contributed by atoms with van der Waals surface area (Å²) in [6.45, 7) is 7.62. The molecule has 0 spiro atoms. The highest BCUT2D eigenvalue weighted by Gasteiger charge is 2.39. The molecule has 0 aliphatic carbocycles. The molecule has 5 nitrogen and oxygen atoms in total. The smallest absolute Gasteiger partial charge is 0.236 e. The van der Waals surface area contributed by atoms with E-state index in [1.54, 1.807) is 0 Å². The maximum Gasteiger partial charge on any atom is 0.236 e. The van der Waals surface area contributed by atoms with E-state index in [-0.39, 0.29) is 17.6 Å². The van der Waals surface area contributed by atoms with Crippen molar-refractivity contribution in [3.05, 3.63) is 0 Å². The van der Waals surface area contributed by atoms with Crippen molar-refractivity contribution in [2.75, 3.05) is 26.2 Å². The molecule has 0 aromatic carbocycles. The van der Waals surface area contributed by atoms with Gasteiger partial charge in [-0.2, -0.15) is 0 Å². The number of nitrogens with one attached hydrogen (secondary N) is 1. The summed E-state index contributed by atoms with van der Waals surface area (Å²) in [6.07, 6.45) is 3.00. The molecule has 3 unspecified atom stereocenters. The van der Waals surface area contributed by atoms with Crippen LogP contribution in [0.1, 0.15) is 33.1 Å². The minimum Gasteiger partial charge on any atom is -0.375 e. The maximum absolute atomic E-state index is 11.5. The van der Waals surface area contributed by atoms with E-state index in [1.807, 2.05) is 0 Å². The van der Waals surface area contributed by atoms with Crippen LogP contribution < -0.4 is 11.1 Å². The molecule has 5 heteroatoms. The summed E-state index contributed by atoms with van der Waals surface area (Å²) in [5.74, 6) is -0.216. The Morgan fingerprint density at radius 3 is 3.06 bits per heavy atom. The highest BCUT2D eigenvalue weighted by atomic mass is 16.5. The van der Waals surface area contributed by atoms with Gasteiger partial charge in [-0.3, -0.25) is 9.69 Å². The Kier molecular flexibility index (Phi) is 4.25. The lowest BCUT2D eigenvalue weighted by molar-refractivity contribution is -0.131. The summed E-state index contributed by atoms with van der Waals surface area (Å²) in [6, 6.07) is 0.256. The van der Waals surface area contributed by atoms with E-state index >= 15 is 0 Å². The van der Waals surface area contributed by atoms with Gasteiger partial charge in [0.05, 0.1) is 5.60 Å². The number of nitrogens with two attached hydrogens (primary N) is 1. The van der Waals surface area contributed by atoms with Gasteiger partial charge in [0.15, 0.2) is 0 Å². The molecule has 0 saturated carbocycles. The zero-order chi connectivity index (χ0) is 13.2. The highest BCUT2D eigenvalue weighted by Crippen LogP contribution is 2.31. The van der Waals surface area contributed by atoms with Crippen molar-refractivity contribution in [2.24, 2.45) is 5.73 Å². The Labute approximate surface area is 109 Å². The zero-order valence-electron chi connectivity index (χ0n) is 11.4. The molecule has 0 bridgehead atoms. The molecule has 0 aromatic heterocycles. The molecule has 3 atom stereocenters. The number of ether oxygens (including phenoxy) is 1. The van der Waals surface area contributed by atoms with Crippen LogP contribution in [0.15, 0.2) is 0 Å². The molecule has 104 valence electrons. The quantitative estimate of drug-likeness (QED) is 0.750. The van der Waals surface area contributed by atoms with E-state index in [1.165, 1.54) is 0 Å². The fourth-order valence-electron chi connectivity index (χ4n) is 3.05. The normalized spacial score (nSPS) is 38.6. The van der Waals surface area contributed by atoms with Crippen LogP contribution in [-0.2, 0) is 9.53 Å². The molecular formula is C13H25N3O2. The Hall–Kier alpha value is -0.650. The fraction of sp³-hybridized carbons (Fsp3) is 0.923. The van der Waals surface area contributed by atoms with Gasteiger partial charge in [-0.05, 0) is 26.2 Å². The Morgan fingerprint density at radius 2 is 2.39 bits per heavy atom. The SMILES string of the molecule is CCC1(C)CC(N2CCNCC2C(N)=O)CCO1. The molecule has 2 rings (SSSR count). The molecule has 2 saturated heterocycles. The molecular weight excluding hydrogens is 230 g/mol. The van der Waals surface area contributed by atoms with Gasteiger partial charge >= 0.3 is 0 Å². The average molecular weight is 255 g/mol. The number of carbonyl (C=O) groups is 1. The molecule has 0 radical (unpaired) electrons. The first kappa shape index (κ1) is 13.8. The van der Waals surface area contributed by atoms with Crippen molar-refractivity contribution in [3.63, 3.8) is 0 Å². The zero-order valence-corrected chi connectivity index (χ0v) is 11.4. The number of primary amides is 1. The van der Waals surface area contributed by atoms with Crippen LogP contribution in [0.3, 0.4) is 0 Å². The topological polar surface area (TPSA) is 67.6 Å². The van der Waals surface area contributed by atoms with E-state index in [9.17, 15) is 4.79 Å². The van der Waals surface area contributed by atoms with Crippen LogP contribution in [-0.4, -0.2) is 54.7 Å². The largest absolute Gasteiger partial charge is 0.375 e. The molecule has 3 N–H and O–H groups in total. The lowest BCUT2D eigenvalue weighted by Crippen LogP contribution is -2.62. The van der Waals surface area contributed by atoms with Crippen molar-refractivity contribution >= 4 is 5.91 Å². The maximum atomic E-state index is 11.5. The number of rotatable bonds is 3. The van der Waals surface area contributed by atoms with Crippen LogP contribution >= 0.6 is 0 Å². The van der Waals surface area contributed by atoms with Gasteiger partial charge in [0, 0.05) is 32.3 Å². The highest BCUT2D eigenvalue weighted by molar-refractivity contribution is 5.80. The molecule has 18 heavy (non-hydrogen) atoms. The number of piperazine rings is 1. The van der Waals surface area contributed by atoms with Crippen molar-refractivity contribution < 1.29 is 9.53 Å². The number of carbonyl (C=O) groups excluding carboxylic acids is 1. The predicted molar refractivity (Wildman–Crippen MR) is 70.2 cm³/mol. The number of nitrogens with zero attached hydrogens (tertiary/aromatic N) is 1. The van der Waals surface area contributed by atoms with Gasteiger partial charge < -0.3 is 15.8 Å². The number of amides is 1. The van der Waals surface area contributed by atoms with E-state index in [0.717, 1.165) is 39.0 Å². The van der Waals surface area contributed by atoms with Crippen molar-refractivity contribution in [2.45, 2.75) is 50.8 Å². The summed E-state index contributed by atoms with van der Waals surface area (Å²) in [7, 11) is 0.